The van der Waals surface area contributed by atoms with Crippen LogP contribution in [-0.2, 0) is 6.54 Å². The molecule has 0 radical (unpaired) electrons. The second-order valence-electron chi connectivity index (χ2n) is 5.67. The maximum absolute atomic E-state index is 13.6. The number of halogens is 2. The van der Waals surface area contributed by atoms with E-state index in [1.165, 1.54) is 6.07 Å². The summed E-state index contributed by atoms with van der Waals surface area (Å²) in [5.74, 6) is -0.234. The fraction of sp³-hybridized carbons (Fsp3) is 0.105. The smallest absolute Gasteiger partial charge is 0.276 e. The number of nitrogens with zero attached hydrogens (tertiary/aromatic N) is 2. The van der Waals surface area contributed by atoms with Gasteiger partial charge in [-0.25, -0.2) is 4.39 Å². The van der Waals surface area contributed by atoms with Crippen LogP contribution in [0.15, 0.2) is 54.6 Å². The number of rotatable bonds is 5. The fourth-order valence-electron chi connectivity index (χ4n) is 2.24. The number of hydrogen-bond donors (Lipinski definition) is 2. The predicted octanol–water partition coefficient (Wildman–Crippen LogP) is 4.44. The summed E-state index contributed by atoms with van der Waals surface area (Å²) >= 11 is 6.05. The van der Waals surface area contributed by atoms with Gasteiger partial charge in [0.2, 0.25) is 0 Å². The lowest BCUT2D eigenvalue weighted by Crippen LogP contribution is -2.15. The molecule has 0 fully saturated rings. The maximum atomic E-state index is 13.6. The van der Waals surface area contributed by atoms with Crippen molar-refractivity contribution in [3.8, 4) is 0 Å². The first-order chi connectivity index (χ1) is 12.5. The molecular weight excluding hydrogens is 355 g/mol. The van der Waals surface area contributed by atoms with Crippen molar-refractivity contribution in [2.75, 3.05) is 10.6 Å². The summed E-state index contributed by atoms with van der Waals surface area (Å²) in [6.45, 7) is 2.15. The number of anilines is 2. The average molecular weight is 371 g/mol. The molecule has 0 unspecified atom stereocenters. The van der Waals surface area contributed by atoms with Crippen LogP contribution in [-0.4, -0.2) is 16.1 Å². The summed E-state index contributed by atoms with van der Waals surface area (Å²) < 4.78 is 13.6. The van der Waals surface area contributed by atoms with Crippen LogP contribution in [0.25, 0.3) is 0 Å². The largest absolute Gasteiger partial charge is 0.364 e. The third kappa shape index (κ3) is 4.34. The van der Waals surface area contributed by atoms with Gasteiger partial charge in [-0.15, -0.1) is 10.2 Å². The van der Waals surface area contributed by atoms with Crippen molar-refractivity contribution in [1.82, 2.24) is 10.2 Å². The Balaban J connectivity index is 1.62. The topological polar surface area (TPSA) is 66.9 Å². The van der Waals surface area contributed by atoms with Crippen molar-refractivity contribution in [2.45, 2.75) is 13.5 Å². The summed E-state index contributed by atoms with van der Waals surface area (Å²) in [6, 6.07) is 14.9. The number of nitrogens with one attached hydrogen (secondary N) is 2. The molecule has 0 saturated carbocycles. The van der Waals surface area contributed by atoms with Gasteiger partial charge >= 0.3 is 0 Å². The van der Waals surface area contributed by atoms with E-state index in [9.17, 15) is 9.18 Å². The van der Waals surface area contributed by atoms with E-state index in [2.05, 4.69) is 20.8 Å². The summed E-state index contributed by atoms with van der Waals surface area (Å²) in [5.41, 5.74) is 2.19. The first kappa shape index (κ1) is 17.8. The van der Waals surface area contributed by atoms with Crippen LogP contribution in [0.2, 0.25) is 5.02 Å². The number of benzene rings is 2. The minimum absolute atomic E-state index is 0.165. The number of aromatic nitrogens is 2. The van der Waals surface area contributed by atoms with Crippen molar-refractivity contribution in [1.29, 1.82) is 0 Å². The van der Waals surface area contributed by atoms with E-state index in [-0.39, 0.29) is 18.1 Å². The van der Waals surface area contributed by atoms with E-state index in [0.29, 0.717) is 22.1 Å². The Morgan fingerprint density at radius 1 is 1.12 bits per heavy atom. The van der Waals surface area contributed by atoms with Crippen molar-refractivity contribution in [3.63, 3.8) is 0 Å². The average Bonchev–Trinajstić information content (AvgIpc) is 2.64. The summed E-state index contributed by atoms with van der Waals surface area (Å²) in [7, 11) is 0. The minimum atomic E-state index is -0.391. The van der Waals surface area contributed by atoms with E-state index in [0.717, 1.165) is 5.56 Å². The number of amides is 1. The third-order valence-corrected chi connectivity index (χ3v) is 4.15. The molecule has 3 aromatic rings. The lowest BCUT2D eigenvalue weighted by Gasteiger charge is -2.08. The van der Waals surface area contributed by atoms with Crippen LogP contribution in [0.4, 0.5) is 15.9 Å². The molecule has 0 atom stereocenters. The van der Waals surface area contributed by atoms with Crippen molar-refractivity contribution in [3.05, 3.63) is 82.3 Å². The molecule has 0 aliphatic rings. The molecule has 3 rings (SSSR count). The number of aryl methyl sites for hydroxylation is 1. The van der Waals surface area contributed by atoms with Crippen LogP contribution in [0.1, 0.15) is 21.6 Å². The van der Waals surface area contributed by atoms with Crippen LogP contribution in [0.5, 0.6) is 0 Å². The molecule has 0 bridgehead atoms. The molecule has 2 aromatic carbocycles. The van der Waals surface area contributed by atoms with Gasteiger partial charge in [-0.05, 0) is 42.8 Å². The van der Waals surface area contributed by atoms with Gasteiger partial charge in [0.05, 0.1) is 0 Å². The lowest BCUT2D eigenvalue weighted by atomic mass is 10.2. The predicted molar refractivity (Wildman–Crippen MR) is 99.9 cm³/mol. The Morgan fingerprint density at radius 3 is 2.62 bits per heavy atom. The molecule has 1 amide bonds. The Morgan fingerprint density at radius 2 is 1.92 bits per heavy atom. The maximum Gasteiger partial charge on any atom is 0.276 e. The molecule has 1 aromatic heterocycles. The Hall–Kier alpha value is -2.99. The number of carbonyl (C=O) groups is 1. The highest BCUT2D eigenvalue weighted by molar-refractivity contribution is 6.31. The van der Waals surface area contributed by atoms with Crippen molar-refractivity contribution >= 4 is 29.0 Å². The molecule has 0 aliphatic heterocycles. The molecule has 132 valence electrons. The van der Waals surface area contributed by atoms with Gasteiger partial charge < -0.3 is 10.6 Å². The molecule has 0 spiro atoms. The van der Waals surface area contributed by atoms with E-state index < -0.39 is 5.91 Å². The highest BCUT2D eigenvalue weighted by atomic mass is 35.5. The lowest BCUT2D eigenvalue weighted by molar-refractivity contribution is 0.102. The van der Waals surface area contributed by atoms with Crippen molar-refractivity contribution in [2.24, 2.45) is 0 Å². The molecular formula is C19H16ClFN4O. The monoisotopic (exact) mass is 370 g/mol. The quantitative estimate of drug-likeness (QED) is 0.696. The Bertz CT molecular complexity index is 931. The molecule has 7 heteroatoms. The van der Waals surface area contributed by atoms with Gasteiger partial charge in [-0.1, -0.05) is 35.9 Å². The number of carbonyl (C=O) groups excluding carboxylic acids is 1. The summed E-state index contributed by atoms with van der Waals surface area (Å²) in [5, 5.41) is 14.1. The molecule has 0 aliphatic carbocycles. The summed E-state index contributed by atoms with van der Waals surface area (Å²) in [6.07, 6.45) is 0. The molecule has 26 heavy (non-hydrogen) atoms. The second-order valence-corrected chi connectivity index (χ2v) is 6.07. The fourth-order valence-corrected chi connectivity index (χ4v) is 2.42. The second kappa shape index (κ2) is 7.93. The van der Waals surface area contributed by atoms with Gasteiger partial charge in [0.15, 0.2) is 5.69 Å². The van der Waals surface area contributed by atoms with Gasteiger partial charge in [-0.2, -0.15) is 0 Å². The van der Waals surface area contributed by atoms with Gasteiger partial charge in [0.1, 0.15) is 11.6 Å². The van der Waals surface area contributed by atoms with Crippen molar-refractivity contribution < 1.29 is 9.18 Å². The summed E-state index contributed by atoms with van der Waals surface area (Å²) in [4.78, 5) is 12.2. The van der Waals surface area contributed by atoms with E-state index in [1.807, 2.05) is 13.0 Å². The van der Waals surface area contributed by atoms with E-state index in [4.69, 9.17) is 11.6 Å². The highest BCUT2D eigenvalue weighted by Gasteiger charge is 2.10. The van der Waals surface area contributed by atoms with E-state index in [1.54, 1.807) is 42.5 Å². The molecule has 5 nitrogen and oxygen atoms in total. The highest BCUT2D eigenvalue weighted by Crippen LogP contribution is 2.20. The number of hydrogen-bond acceptors (Lipinski definition) is 4. The molecule has 1 heterocycles. The zero-order valence-corrected chi connectivity index (χ0v) is 14.7. The van der Waals surface area contributed by atoms with Crippen LogP contribution >= 0.6 is 11.6 Å². The molecule has 0 saturated heterocycles. The SMILES string of the molecule is Cc1ccc(NC(=O)c2ccc(NCc3ccccc3F)nn2)cc1Cl. The van der Waals surface area contributed by atoms with Gasteiger partial charge in [0.25, 0.3) is 5.91 Å². The van der Waals surface area contributed by atoms with E-state index >= 15 is 0 Å². The first-order valence-electron chi connectivity index (χ1n) is 7.91. The van der Waals surface area contributed by atoms with Crippen LogP contribution in [0, 0.1) is 12.7 Å². The first-order valence-corrected chi connectivity index (χ1v) is 8.29. The zero-order valence-electron chi connectivity index (χ0n) is 14.0. The van der Waals surface area contributed by atoms with Crippen LogP contribution < -0.4 is 10.6 Å². The minimum Gasteiger partial charge on any atom is -0.364 e. The Labute approximate surface area is 155 Å². The van der Waals surface area contributed by atoms with Gasteiger partial charge in [-0.3, -0.25) is 4.79 Å². The zero-order chi connectivity index (χ0) is 18.5. The van der Waals surface area contributed by atoms with Gasteiger partial charge in [0, 0.05) is 22.8 Å². The van der Waals surface area contributed by atoms with Crippen LogP contribution in [0.3, 0.4) is 0 Å². The standard InChI is InChI=1S/C19H16ClFN4O/c1-12-6-7-14(10-15(12)20)23-19(26)17-8-9-18(25-24-17)22-11-13-4-2-3-5-16(13)21/h2-10H,11H2,1H3,(H,22,25)(H,23,26). The third-order valence-electron chi connectivity index (χ3n) is 3.74. The Kier molecular flexibility index (Phi) is 5.43. The normalized spacial score (nSPS) is 10.4. The molecule has 2 N–H and O–H groups in total.